The van der Waals surface area contributed by atoms with E-state index in [4.69, 9.17) is 5.11 Å². The Hall–Kier alpha value is -1.52. The van der Waals surface area contributed by atoms with Crippen molar-refractivity contribution in [3.63, 3.8) is 0 Å². The highest BCUT2D eigenvalue weighted by molar-refractivity contribution is 6.47. The van der Waals surface area contributed by atoms with Crippen LogP contribution in [-0.2, 0) is 19.2 Å². The lowest BCUT2D eigenvalue weighted by molar-refractivity contribution is -0.154. The van der Waals surface area contributed by atoms with Gasteiger partial charge in [0.2, 0.25) is 5.78 Å². The molecule has 13 heavy (non-hydrogen) atoms. The lowest BCUT2D eigenvalue weighted by Gasteiger charge is -2.06. The van der Waals surface area contributed by atoms with Gasteiger partial charge in [-0.3, -0.25) is 14.4 Å². The number of carboxylic acid groups (broad SMARTS) is 1. The van der Waals surface area contributed by atoms with Crippen molar-refractivity contribution >= 4 is 23.3 Å². The van der Waals surface area contributed by atoms with Gasteiger partial charge in [-0.15, -0.1) is 0 Å². The van der Waals surface area contributed by atoms with Crippen molar-refractivity contribution < 1.29 is 24.3 Å². The molecule has 0 amide bonds. The van der Waals surface area contributed by atoms with Gasteiger partial charge in [0.1, 0.15) is 0 Å². The summed E-state index contributed by atoms with van der Waals surface area (Å²) >= 11 is 0. The zero-order valence-electron chi connectivity index (χ0n) is 7.36. The van der Waals surface area contributed by atoms with E-state index in [1.165, 1.54) is 6.92 Å². The van der Waals surface area contributed by atoms with Gasteiger partial charge in [0.15, 0.2) is 5.78 Å². The van der Waals surface area contributed by atoms with Gasteiger partial charge in [-0.05, 0) is 6.42 Å². The Bertz CT molecular complexity index is 240. The molecule has 1 atom stereocenters. The fourth-order valence-electron chi connectivity index (χ4n) is 0.884. The van der Waals surface area contributed by atoms with Gasteiger partial charge in [-0.25, -0.2) is 4.79 Å². The molecule has 0 saturated heterocycles. The van der Waals surface area contributed by atoms with Crippen molar-refractivity contribution in [1.82, 2.24) is 0 Å². The van der Waals surface area contributed by atoms with E-state index in [0.717, 1.165) is 6.92 Å². The Morgan fingerprint density at radius 2 is 1.62 bits per heavy atom. The molecule has 0 heterocycles. The molecule has 0 radical (unpaired) electrons. The summed E-state index contributed by atoms with van der Waals surface area (Å²) in [4.78, 5) is 42.6. The van der Waals surface area contributed by atoms with Crippen molar-refractivity contribution in [3.8, 4) is 0 Å². The standard InChI is InChI=1S/C8H10O5/c1-3-5(6(10)4(2)9)7(11)8(12)13/h5H,3H2,1-2H3,(H,12,13). The molecule has 0 spiro atoms. The third-order valence-corrected chi connectivity index (χ3v) is 1.60. The smallest absolute Gasteiger partial charge is 0.372 e. The first-order chi connectivity index (χ1) is 5.91. The molecule has 1 unspecified atom stereocenters. The van der Waals surface area contributed by atoms with Gasteiger partial charge in [0.25, 0.3) is 5.78 Å². The van der Waals surface area contributed by atoms with Crippen LogP contribution >= 0.6 is 0 Å². The molecule has 72 valence electrons. The fraction of sp³-hybridized carbons (Fsp3) is 0.500. The van der Waals surface area contributed by atoms with Crippen LogP contribution in [0.4, 0.5) is 0 Å². The van der Waals surface area contributed by atoms with Crippen LogP contribution in [0.3, 0.4) is 0 Å². The predicted molar refractivity (Wildman–Crippen MR) is 42.1 cm³/mol. The number of carbonyl (C=O) groups is 4. The largest absolute Gasteiger partial charge is 0.475 e. The highest BCUT2D eigenvalue weighted by Gasteiger charge is 2.31. The predicted octanol–water partition coefficient (Wildman–Crippen LogP) is -0.176. The second-order valence-corrected chi connectivity index (χ2v) is 2.55. The fourth-order valence-corrected chi connectivity index (χ4v) is 0.884. The Morgan fingerprint density at radius 1 is 1.15 bits per heavy atom. The number of carbonyl (C=O) groups excluding carboxylic acids is 3. The summed E-state index contributed by atoms with van der Waals surface area (Å²) in [5, 5.41) is 8.30. The van der Waals surface area contributed by atoms with Crippen LogP contribution in [0, 0.1) is 5.92 Å². The molecule has 0 saturated carbocycles. The Labute approximate surface area is 74.7 Å². The lowest BCUT2D eigenvalue weighted by Crippen LogP contribution is -2.32. The number of aliphatic carboxylic acids is 1. The molecular weight excluding hydrogens is 176 g/mol. The van der Waals surface area contributed by atoms with E-state index in [-0.39, 0.29) is 6.42 Å². The van der Waals surface area contributed by atoms with Crippen molar-refractivity contribution in [2.45, 2.75) is 20.3 Å². The third kappa shape index (κ3) is 2.77. The van der Waals surface area contributed by atoms with E-state index in [2.05, 4.69) is 0 Å². The van der Waals surface area contributed by atoms with Crippen molar-refractivity contribution in [3.05, 3.63) is 0 Å². The zero-order valence-corrected chi connectivity index (χ0v) is 7.36. The SMILES string of the molecule is CCC(C(=O)C(C)=O)C(=O)C(=O)O. The van der Waals surface area contributed by atoms with Gasteiger partial charge in [0, 0.05) is 6.92 Å². The minimum absolute atomic E-state index is 0.0313. The molecule has 0 aliphatic carbocycles. The molecule has 0 bridgehead atoms. The topological polar surface area (TPSA) is 88.5 Å². The van der Waals surface area contributed by atoms with Crippen molar-refractivity contribution in [1.29, 1.82) is 0 Å². The minimum atomic E-state index is -1.68. The number of hydrogen-bond acceptors (Lipinski definition) is 4. The average molecular weight is 186 g/mol. The molecule has 0 aromatic heterocycles. The summed E-state index contributed by atoms with van der Waals surface area (Å²) in [6.07, 6.45) is 0.0313. The molecule has 1 N–H and O–H groups in total. The van der Waals surface area contributed by atoms with Crippen molar-refractivity contribution in [2.24, 2.45) is 5.92 Å². The molecule has 0 aliphatic heterocycles. The second kappa shape index (κ2) is 4.49. The number of hydrogen-bond donors (Lipinski definition) is 1. The summed E-state index contributed by atoms with van der Waals surface area (Å²) in [6.45, 7) is 2.49. The normalized spacial score (nSPS) is 11.8. The Morgan fingerprint density at radius 3 is 1.85 bits per heavy atom. The molecule has 0 aromatic rings. The van der Waals surface area contributed by atoms with Crippen LogP contribution < -0.4 is 0 Å². The molecule has 0 aliphatic rings. The number of rotatable bonds is 5. The highest BCUT2D eigenvalue weighted by Crippen LogP contribution is 2.06. The molecular formula is C8H10O5. The molecule has 5 heteroatoms. The highest BCUT2D eigenvalue weighted by atomic mass is 16.4. The van der Waals surface area contributed by atoms with Gasteiger partial charge in [0.05, 0.1) is 5.92 Å². The quantitative estimate of drug-likeness (QED) is 0.475. The molecule has 0 rings (SSSR count). The summed E-state index contributed by atoms with van der Waals surface area (Å²) < 4.78 is 0. The van der Waals surface area contributed by atoms with Crippen molar-refractivity contribution in [2.75, 3.05) is 0 Å². The number of carboxylic acids is 1. The van der Waals surface area contributed by atoms with Crippen LogP contribution in [0.25, 0.3) is 0 Å². The lowest BCUT2D eigenvalue weighted by atomic mass is 9.94. The van der Waals surface area contributed by atoms with Crippen LogP contribution in [-0.4, -0.2) is 28.4 Å². The van der Waals surface area contributed by atoms with Crippen LogP contribution in [0.1, 0.15) is 20.3 Å². The summed E-state index contributed by atoms with van der Waals surface area (Å²) in [7, 11) is 0. The van der Waals surface area contributed by atoms with E-state index in [1.54, 1.807) is 0 Å². The zero-order chi connectivity index (χ0) is 10.6. The third-order valence-electron chi connectivity index (χ3n) is 1.60. The first kappa shape index (κ1) is 11.5. The van der Waals surface area contributed by atoms with Gasteiger partial charge >= 0.3 is 5.97 Å². The van der Waals surface area contributed by atoms with Gasteiger partial charge in [-0.2, -0.15) is 0 Å². The van der Waals surface area contributed by atoms with E-state index in [1.807, 2.05) is 0 Å². The van der Waals surface area contributed by atoms with Gasteiger partial charge < -0.3 is 5.11 Å². The van der Waals surface area contributed by atoms with E-state index in [9.17, 15) is 19.2 Å². The minimum Gasteiger partial charge on any atom is -0.475 e. The summed E-state index contributed by atoms with van der Waals surface area (Å²) in [6, 6.07) is 0. The number of Topliss-reactive ketones (excluding diaryl/α,β-unsaturated/α-hetero) is 3. The van der Waals surface area contributed by atoms with Crippen LogP contribution in [0.2, 0.25) is 0 Å². The molecule has 0 fully saturated rings. The molecule has 5 nitrogen and oxygen atoms in total. The maximum absolute atomic E-state index is 11.0. The monoisotopic (exact) mass is 186 g/mol. The second-order valence-electron chi connectivity index (χ2n) is 2.55. The van der Waals surface area contributed by atoms with E-state index >= 15 is 0 Å². The van der Waals surface area contributed by atoms with Crippen LogP contribution in [0.15, 0.2) is 0 Å². The summed E-state index contributed by atoms with van der Waals surface area (Å²) in [5.41, 5.74) is 0. The first-order valence-electron chi connectivity index (χ1n) is 3.73. The average Bonchev–Trinajstić information content (AvgIpc) is 2.04. The Kier molecular flexibility index (Phi) is 3.97. The van der Waals surface area contributed by atoms with Crippen LogP contribution in [0.5, 0.6) is 0 Å². The summed E-state index contributed by atoms with van der Waals surface area (Å²) in [5.74, 6) is -5.95. The number of ketones is 3. The van der Waals surface area contributed by atoms with E-state index < -0.39 is 29.2 Å². The first-order valence-corrected chi connectivity index (χ1v) is 3.73. The molecule has 0 aromatic carbocycles. The maximum atomic E-state index is 11.0. The van der Waals surface area contributed by atoms with E-state index in [0.29, 0.717) is 0 Å². The van der Waals surface area contributed by atoms with Gasteiger partial charge in [-0.1, -0.05) is 6.92 Å². The Balaban J connectivity index is 4.71. The maximum Gasteiger partial charge on any atom is 0.372 e.